The molecule has 1 saturated carbocycles. The molecule has 11 heteroatoms. The number of sulfonamides is 1. The fourth-order valence-electron chi connectivity index (χ4n) is 6.11. The van der Waals surface area contributed by atoms with Gasteiger partial charge in [0.15, 0.2) is 0 Å². The Hall–Kier alpha value is -2.99. The highest BCUT2D eigenvalue weighted by molar-refractivity contribution is 7.89. The number of hydrazine groups is 1. The van der Waals surface area contributed by atoms with Gasteiger partial charge in [0.2, 0.25) is 10.0 Å². The van der Waals surface area contributed by atoms with Crippen LogP contribution in [0.5, 0.6) is 0 Å². The molecule has 2 aliphatic heterocycles. The van der Waals surface area contributed by atoms with Crippen LogP contribution in [-0.4, -0.2) is 60.9 Å². The minimum absolute atomic E-state index is 0.0893. The van der Waals surface area contributed by atoms with Gasteiger partial charge >= 0.3 is 0 Å². The summed E-state index contributed by atoms with van der Waals surface area (Å²) >= 11 is 0. The molecule has 1 unspecified atom stereocenters. The number of benzene rings is 2. The van der Waals surface area contributed by atoms with Crippen molar-refractivity contribution in [1.29, 1.82) is 0 Å². The minimum Gasteiger partial charge on any atom is -0.379 e. The zero-order valence-corrected chi connectivity index (χ0v) is 23.9. The number of aromatic nitrogens is 2. The van der Waals surface area contributed by atoms with E-state index >= 15 is 0 Å². The average molecular weight is 569 g/mol. The van der Waals surface area contributed by atoms with Crippen molar-refractivity contribution in [3.8, 4) is 0 Å². The molecule has 1 aromatic heterocycles. The number of halogens is 1. The molecular weight excluding hydrogens is 531 g/mol. The molecular formula is C29H37FN6O3S. The molecule has 214 valence electrons. The van der Waals surface area contributed by atoms with E-state index in [0.717, 1.165) is 54.6 Å². The molecule has 3 aromatic rings. The molecule has 3 heterocycles. The van der Waals surface area contributed by atoms with Gasteiger partial charge < -0.3 is 9.64 Å². The summed E-state index contributed by atoms with van der Waals surface area (Å²) in [5.41, 5.74) is 4.49. The summed E-state index contributed by atoms with van der Waals surface area (Å²) in [6.07, 6.45) is 7.46. The zero-order chi connectivity index (χ0) is 28.1. The van der Waals surface area contributed by atoms with Gasteiger partial charge in [0.1, 0.15) is 10.7 Å². The molecule has 1 atom stereocenters. The van der Waals surface area contributed by atoms with Gasteiger partial charge in [-0.25, -0.2) is 18.7 Å². The third-order valence-electron chi connectivity index (χ3n) is 8.48. The molecule has 0 bridgehead atoms. The first-order valence-corrected chi connectivity index (χ1v) is 15.5. The number of piperazine rings is 1. The lowest BCUT2D eigenvalue weighted by Gasteiger charge is -2.42. The van der Waals surface area contributed by atoms with Crippen molar-refractivity contribution in [2.45, 2.75) is 62.4 Å². The Morgan fingerprint density at radius 1 is 1.20 bits per heavy atom. The maximum absolute atomic E-state index is 13.8. The summed E-state index contributed by atoms with van der Waals surface area (Å²) in [4.78, 5) is 2.59. The molecule has 9 nitrogen and oxygen atoms in total. The molecule has 2 N–H and O–H groups in total. The Kier molecular flexibility index (Phi) is 7.10. The number of rotatable bonds is 8. The largest absolute Gasteiger partial charge is 0.379 e. The third kappa shape index (κ3) is 4.89. The van der Waals surface area contributed by atoms with E-state index in [-0.39, 0.29) is 16.8 Å². The van der Waals surface area contributed by atoms with Gasteiger partial charge in [-0.15, -0.1) is 0 Å². The third-order valence-corrected chi connectivity index (χ3v) is 10.4. The van der Waals surface area contributed by atoms with Gasteiger partial charge in [-0.05, 0) is 80.1 Å². The van der Waals surface area contributed by atoms with Crippen LogP contribution in [0, 0.1) is 12.7 Å². The summed E-state index contributed by atoms with van der Waals surface area (Å²) in [6, 6.07) is 10.6. The van der Waals surface area contributed by atoms with Crippen molar-refractivity contribution in [3.05, 3.63) is 65.7 Å². The topological polar surface area (TPSA) is 96.9 Å². The number of aryl methyl sites for hydroxylation is 2. The fourth-order valence-corrected chi connectivity index (χ4v) is 7.85. The number of anilines is 3. The van der Waals surface area contributed by atoms with Gasteiger partial charge in [-0.2, -0.15) is 9.40 Å². The van der Waals surface area contributed by atoms with Gasteiger partial charge in [-0.1, -0.05) is 13.3 Å². The Morgan fingerprint density at radius 3 is 2.65 bits per heavy atom. The quantitative estimate of drug-likeness (QED) is 0.320. The van der Waals surface area contributed by atoms with Gasteiger partial charge in [0, 0.05) is 38.1 Å². The van der Waals surface area contributed by atoms with Crippen LogP contribution in [0.4, 0.5) is 21.5 Å². The molecule has 3 aliphatic rings. The summed E-state index contributed by atoms with van der Waals surface area (Å²) < 4.78 is 50.0. The highest BCUT2D eigenvalue weighted by Crippen LogP contribution is 2.48. The zero-order valence-electron chi connectivity index (χ0n) is 23.1. The van der Waals surface area contributed by atoms with Crippen molar-refractivity contribution in [2.24, 2.45) is 5.84 Å². The maximum atomic E-state index is 13.8. The highest BCUT2D eigenvalue weighted by Gasteiger charge is 2.56. The van der Waals surface area contributed by atoms with Crippen LogP contribution in [0.3, 0.4) is 0 Å². The predicted octanol–water partition coefficient (Wildman–Crippen LogP) is 4.30. The second-order valence-electron chi connectivity index (χ2n) is 11.3. The van der Waals surface area contributed by atoms with Crippen molar-refractivity contribution >= 4 is 27.1 Å². The number of hydrogen-bond donors (Lipinski definition) is 1. The molecule has 0 amide bonds. The Bertz CT molecular complexity index is 1480. The molecule has 1 spiro atoms. The second-order valence-corrected chi connectivity index (χ2v) is 13.1. The van der Waals surface area contributed by atoms with Gasteiger partial charge in [0.25, 0.3) is 0 Å². The first kappa shape index (κ1) is 27.2. The van der Waals surface area contributed by atoms with Crippen LogP contribution in [0.2, 0.25) is 0 Å². The van der Waals surface area contributed by atoms with Crippen molar-refractivity contribution in [1.82, 2.24) is 14.1 Å². The first-order valence-electron chi connectivity index (χ1n) is 14.1. The standard InChI is InChI=1S/C29H37FN6O3S/c1-3-4-22-16-27(21(2)15-28(22)36(31)24-7-5-23(30)6-8-24)33-12-13-35(29(20-33)10-11-29)40(37,38)26-17-32-34(18-26)25-9-14-39-19-25/h5-8,15-18,25H,3-4,9-14,19-20,31H2,1-2H3. The summed E-state index contributed by atoms with van der Waals surface area (Å²) in [6.45, 7) is 7.10. The van der Waals surface area contributed by atoms with E-state index in [0.29, 0.717) is 38.5 Å². The smallest absolute Gasteiger partial charge is 0.246 e. The van der Waals surface area contributed by atoms with Gasteiger partial charge in [0.05, 0.1) is 35.8 Å². The van der Waals surface area contributed by atoms with Crippen LogP contribution >= 0.6 is 0 Å². The van der Waals surface area contributed by atoms with E-state index in [4.69, 9.17) is 10.6 Å². The fraction of sp³-hybridized carbons (Fsp3) is 0.483. The molecule has 0 radical (unpaired) electrons. The lowest BCUT2D eigenvalue weighted by molar-refractivity contribution is 0.184. The Balaban J connectivity index is 1.25. The van der Waals surface area contributed by atoms with E-state index < -0.39 is 15.6 Å². The second kappa shape index (κ2) is 10.4. The SMILES string of the molecule is CCCc1cc(N2CCN(S(=O)(=O)c3cnn(C4CCOC4)c3)C3(CC3)C2)c(C)cc1N(N)c1ccc(F)cc1. The molecule has 40 heavy (non-hydrogen) atoms. The minimum atomic E-state index is -3.67. The maximum Gasteiger partial charge on any atom is 0.246 e. The van der Waals surface area contributed by atoms with Crippen LogP contribution in [0.25, 0.3) is 0 Å². The van der Waals surface area contributed by atoms with E-state index in [1.54, 1.807) is 32.3 Å². The summed E-state index contributed by atoms with van der Waals surface area (Å²) in [5.74, 6) is 6.22. The van der Waals surface area contributed by atoms with Crippen LogP contribution in [0.1, 0.15) is 49.8 Å². The summed E-state index contributed by atoms with van der Waals surface area (Å²) in [5, 5.41) is 5.98. The van der Waals surface area contributed by atoms with Crippen molar-refractivity contribution < 1.29 is 17.5 Å². The monoisotopic (exact) mass is 568 g/mol. The Morgan fingerprint density at radius 2 is 1.98 bits per heavy atom. The lowest BCUT2D eigenvalue weighted by atomic mass is 10.0. The number of nitrogens with zero attached hydrogens (tertiary/aromatic N) is 5. The molecule has 2 saturated heterocycles. The highest BCUT2D eigenvalue weighted by atomic mass is 32.2. The van der Waals surface area contributed by atoms with Crippen LogP contribution in [0.15, 0.2) is 53.7 Å². The molecule has 2 aromatic carbocycles. The van der Waals surface area contributed by atoms with Gasteiger partial charge in [-0.3, -0.25) is 9.69 Å². The number of hydrogen-bond acceptors (Lipinski definition) is 7. The lowest BCUT2D eigenvalue weighted by Crippen LogP contribution is -2.57. The van der Waals surface area contributed by atoms with Crippen LogP contribution < -0.4 is 15.8 Å². The predicted molar refractivity (Wildman–Crippen MR) is 153 cm³/mol. The summed E-state index contributed by atoms with van der Waals surface area (Å²) in [7, 11) is -3.67. The Labute approximate surface area is 235 Å². The molecule has 6 rings (SSSR count). The van der Waals surface area contributed by atoms with E-state index in [2.05, 4.69) is 36.0 Å². The normalized spacial score (nSPS) is 20.8. The molecule has 1 aliphatic carbocycles. The van der Waals surface area contributed by atoms with E-state index in [9.17, 15) is 12.8 Å². The number of ether oxygens (including phenoxy) is 1. The van der Waals surface area contributed by atoms with Crippen molar-refractivity contribution in [2.75, 3.05) is 42.8 Å². The average Bonchev–Trinajstić information content (AvgIpc) is 3.33. The van der Waals surface area contributed by atoms with Crippen LogP contribution in [-0.2, 0) is 21.2 Å². The molecule has 3 fully saturated rings. The first-order chi connectivity index (χ1) is 19.2. The number of nitrogens with two attached hydrogens (primary N) is 1. The van der Waals surface area contributed by atoms with E-state index in [1.807, 2.05) is 0 Å². The van der Waals surface area contributed by atoms with Crippen molar-refractivity contribution in [3.63, 3.8) is 0 Å². The van der Waals surface area contributed by atoms with E-state index in [1.165, 1.54) is 18.3 Å².